The molecule has 17 heavy (non-hydrogen) atoms. The minimum atomic E-state index is 0.0332. The number of methoxy groups -OCH3 is 2. The molecular weight excluding hydrogens is 290 g/mol. The molecule has 6 nitrogen and oxygen atoms in total. The molecule has 1 N–H and O–H groups in total. The first-order valence-corrected chi connectivity index (χ1v) is 5.93. The van der Waals surface area contributed by atoms with Crippen molar-refractivity contribution in [1.82, 2.24) is 9.97 Å². The molecule has 0 fully saturated rings. The second-order valence-electron chi connectivity index (χ2n) is 3.23. The van der Waals surface area contributed by atoms with Crippen LogP contribution in [0.1, 0.15) is 0 Å². The molecule has 0 saturated heterocycles. The van der Waals surface area contributed by atoms with Crippen molar-refractivity contribution < 1.29 is 14.6 Å². The van der Waals surface area contributed by atoms with Crippen LogP contribution in [0, 0.1) is 0 Å². The highest BCUT2D eigenvalue weighted by Gasteiger charge is 2.12. The molecule has 1 aromatic heterocycles. The van der Waals surface area contributed by atoms with E-state index in [0.717, 1.165) is 0 Å². The summed E-state index contributed by atoms with van der Waals surface area (Å²) in [5, 5.41) is 9.00. The summed E-state index contributed by atoms with van der Waals surface area (Å²) in [6, 6.07) is 0. The van der Waals surface area contributed by atoms with Gasteiger partial charge in [0.05, 0.1) is 31.0 Å². The number of hydrogen-bond acceptors (Lipinski definition) is 6. The van der Waals surface area contributed by atoms with E-state index >= 15 is 0 Å². The summed E-state index contributed by atoms with van der Waals surface area (Å²) in [6.45, 7) is 1.64. The number of ether oxygens (including phenoxy) is 2. The zero-order valence-corrected chi connectivity index (χ0v) is 11.5. The molecule has 0 aromatic carbocycles. The van der Waals surface area contributed by atoms with Crippen molar-refractivity contribution in [1.29, 1.82) is 0 Å². The number of nitrogens with zero attached hydrogens (tertiary/aromatic N) is 3. The Morgan fingerprint density at radius 2 is 2.18 bits per heavy atom. The van der Waals surface area contributed by atoms with E-state index in [1.165, 1.54) is 0 Å². The van der Waals surface area contributed by atoms with E-state index in [1.54, 1.807) is 20.4 Å². The Kier molecular flexibility index (Phi) is 6.17. The lowest BCUT2D eigenvalue weighted by molar-refractivity contribution is 0.202. The fourth-order valence-corrected chi connectivity index (χ4v) is 1.63. The molecule has 1 rings (SSSR count). The van der Waals surface area contributed by atoms with Crippen LogP contribution in [-0.2, 0) is 4.74 Å². The quantitative estimate of drug-likeness (QED) is 0.799. The maximum atomic E-state index is 9.00. The van der Waals surface area contributed by atoms with Crippen LogP contribution in [0.25, 0.3) is 0 Å². The van der Waals surface area contributed by atoms with Crippen LogP contribution in [0.5, 0.6) is 5.88 Å². The van der Waals surface area contributed by atoms with E-state index in [9.17, 15) is 0 Å². The van der Waals surface area contributed by atoms with Crippen molar-refractivity contribution in [2.45, 2.75) is 0 Å². The Morgan fingerprint density at radius 3 is 2.76 bits per heavy atom. The van der Waals surface area contributed by atoms with Crippen LogP contribution in [0.15, 0.2) is 10.7 Å². The molecule has 0 aliphatic carbocycles. The molecule has 0 saturated carbocycles. The SMILES string of the molecule is COCCN(CCO)c1ncc(Br)c(OC)n1. The van der Waals surface area contributed by atoms with Gasteiger partial charge in [-0.05, 0) is 15.9 Å². The van der Waals surface area contributed by atoms with E-state index < -0.39 is 0 Å². The molecule has 1 aromatic rings. The summed E-state index contributed by atoms with van der Waals surface area (Å²) in [4.78, 5) is 10.3. The van der Waals surface area contributed by atoms with Crippen molar-refractivity contribution in [3.8, 4) is 5.88 Å². The Labute approximate surface area is 109 Å². The zero-order valence-electron chi connectivity index (χ0n) is 9.89. The van der Waals surface area contributed by atoms with Crippen LogP contribution >= 0.6 is 15.9 Å². The first kappa shape index (κ1) is 14.1. The smallest absolute Gasteiger partial charge is 0.232 e. The third-order valence-corrected chi connectivity index (χ3v) is 2.65. The average Bonchev–Trinajstić information content (AvgIpc) is 2.35. The lowest BCUT2D eigenvalue weighted by Gasteiger charge is -2.21. The van der Waals surface area contributed by atoms with Crippen LogP contribution in [0.4, 0.5) is 5.95 Å². The van der Waals surface area contributed by atoms with Gasteiger partial charge in [-0.1, -0.05) is 0 Å². The van der Waals surface area contributed by atoms with Gasteiger partial charge < -0.3 is 19.5 Å². The van der Waals surface area contributed by atoms with E-state index in [1.807, 2.05) is 4.90 Å². The van der Waals surface area contributed by atoms with Crippen LogP contribution in [0.2, 0.25) is 0 Å². The van der Waals surface area contributed by atoms with Gasteiger partial charge in [0.15, 0.2) is 0 Å². The summed E-state index contributed by atoms with van der Waals surface area (Å²) < 4.78 is 10.8. The van der Waals surface area contributed by atoms with Crippen molar-refractivity contribution >= 4 is 21.9 Å². The fraction of sp³-hybridized carbons (Fsp3) is 0.600. The summed E-state index contributed by atoms with van der Waals surface area (Å²) in [5.74, 6) is 0.978. The van der Waals surface area contributed by atoms with E-state index in [2.05, 4.69) is 25.9 Å². The number of hydrogen-bond donors (Lipinski definition) is 1. The maximum Gasteiger partial charge on any atom is 0.232 e. The standard InChI is InChI=1S/C10H16BrN3O3/c1-16-6-4-14(3-5-15)10-12-7-8(11)9(13-10)17-2/h7,15H,3-6H2,1-2H3. The first-order chi connectivity index (χ1) is 8.22. The van der Waals surface area contributed by atoms with E-state index in [0.29, 0.717) is 36.0 Å². The number of aromatic nitrogens is 2. The number of anilines is 1. The van der Waals surface area contributed by atoms with Gasteiger partial charge in [-0.3, -0.25) is 0 Å². The van der Waals surface area contributed by atoms with Gasteiger partial charge >= 0.3 is 0 Å². The third kappa shape index (κ3) is 4.10. The number of halogens is 1. The van der Waals surface area contributed by atoms with Crippen LogP contribution in [0.3, 0.4) is 0 Å². The predicted molar refractivity (Wildman–Crippen MR) is 67.5 cm³/mol. The number of aliphatic hydroxyl groups is 1. The summed E-state index contributed by atoms with van der Waals surface area (Å²) in [5.41, 5.74) is 0. The lowest BCUT2D eigenvalue weighted by atomic mass is 10.5. The second-order valence-corrected chi connectivity index (χ2v) is 4.09. The van der Waals surface area contributed by atoms with Crippen molar-refractivity contribution in [3.63, 3.8) is 0 Å². The fourth-order valence-electron chi connectivity index (χ4n) is 1.27. The van der Waals surface area contributed by atoms with Gasteiger partial charge in [0.1, 0.15) is 0 Å². The van der Waals surface area contributed by atoms with E-state index in [4.69, 9.17) is 14.6 Å². The number of rotatable bonds is 7. The maximum absolute atomic E-state index is 9.00. The van der Waals surface area contributed by atoms with Crippen LogP contribution < -0.4 is 9.64 Å². The Morgan fingerprint density at radius 1 is 1.41 bits per heavy atom. The lowest BCUT2D eigenvalue weighted by Crippen LogP contribution is -2.31. The molecule has 0 amide bonds. The molecule has 0 bridgehead atoms. The molecule has 0 radical (unpaired) electrons. The summed E-state index contributed by atoms with van der Waals surface area (Å²) in [6.07, 6.45) is 1.62. The van der Waals surface area contributed by atoms with Gasteiger partial charge in [0.25, 0.3) is 0 Å². The molecule has 0 aliphatic heterocycles. The van der Waals surface area contributed by atoms with Crippen molar-refractivity contribution in [2.24, 2.45) is 0 Å². The minimum Gasteiger partial charge on any atom is -0.480 e. The molecular formula is C10H16BrN3O3. The number of aliphatic hydroxyl groups excluding tert-OH is 1. The van der Waals surface area contributed by atoms with Gasteiger partial charge in [-0.2, -0.15) is 4.98 Å². The topological polar surface area (TPSA) is 67.7 Å². The van der Waals surface area contributed by atoms with Crippen LogP contribution in [-0.4, -0.2) is 55.6 Å². The molecule has 0 aliphatic rings. The summed E-state index contributed by atoms with van der Waals surface area (Å²) >= 11 is 3.29. The van der Waals surface area contributed by atoms with Gasteiger partial charge in [0, 0.05) is 20.2 Å². The van der Waals surface area contributed by atoms with Gasteiger partial charge in [-0.25, -0.2) is 4.98 Å². The monoisotopic (exact) mass is 305 g/mol. The largest absolute Gasteiger partial charge is 0.480 e. The van der Waals surface area contributed by atoms with Crippen molar-refractivity contribution in [3.05, 3.63) is 10.7 Å². The first-order valence-electron chi connectivity index (χ1n) is 5.14. The second kappa shape index (κ2) is 7.41. The van der Waals surface area contributed by atoms with E-state index in [-0.39, 0.29) is 6.61 Å². The molecule has 7 heteroatoms. The normalized spacial score (nSPS) is 10.4. The minimum absolute atomic E-state index is 0.0332. The Balaban J connectivity index is 2.85. The Bertz CT molecular complexity index is 352. The van der Waals surface area contributed by atoms with Gasteiger partial charge in [-0.15, -0.1) is 0 Å². The molecule has 0 atom stereocenters. The predicted octanol–water partition coefficient (Wildman–Crippen LogP) is 0.693. The highest BCUT2D eigenvalue weighted by molar-refractivity contribution is 9.10. The molecule has 0 unspecified atom stereocenters. The zero-order chi connectivity index (χ0) is 12.7. The molecule has 96 valence electrons. The third-order valence-electron chi connectivity index (χ3n) is 2.11. The summed E-state index contributed by atoms with van der Waals surface area (Å²) in [7, 11) is 3.17. The van der Waals surface area contributed by atoms with Crippen molar-refractivity contribution in [2.75, 3.05) is 45.4 Å². The molecule has 1 heterocycles. The highest BCUT2D eigenvalue weighted by Crippen LogP contribution is 2.23. The average molecular weight is 306 g/mol. The molecule has 0 spiro atoms. The Hall–Kier alpha value is -0.920. The highest BCUT2D eigenvalue weighted by atomic mass is 79.9. The van der Waals surface area contributed by atoms with Gasteiger partial charge in [0.2, 0.25) is 11.8 Å².